The number of fused-ring (bicyclic) bond motifs is 1. The van der Waals surface area contributed by atoms with Gasteiger partial charge in [-0.15, -0.1) is 11.3 Å². The SMILES string of the molecule is COCCNC(=O)c1sc2ncccc2c1C1CN(C(=O)c2cnccn2)CCO1. The highest BCUT2D eigenvalue weighted by Gasteiger charge is 2.32. The van der Waals surface area contributed by atoms with E-state index in [1.807, 2.05) is 12.1 Å². The highest BCUT2D eigenvalue weighted by atomic mass is 32.1. The zero-order valence-corrected chi connectivity index (χ0v) is 17.2. The second kappa shape index (κ2) is 9.24. The normalized spacial score (nSPS) is 16.6. The minimum Gasteiger partial charge on any atom is -0.383 e. The predicted octanol–water partition coefficient (Wildman–Crippen LogP) is 1.68. The molecule has 3 aromatic heterocycles. The molecule has 3 aromatic rings. The van der Waals surface area contributed by atoms with E-state index in [0.717, 1.165) is 15.8 Å². The van der Waals surface area contributed by atoms with E-state index >= 15 is 0 Å². The van der Waals surface area contributed by atoms with Gasteiger partial charge in [0.25, 0.3) is 11.8 Å². The number of thiophene rings is 1. The molecule has 0 spiro atoms. The van der Waals surface area contributed by atoms with Gasteiger partial charge in [0, 0.05) is 49.7 Å². The van der Waals surface area contributed by atoms with E-state index in [0.29, 0.717) is 37.7 Å². The van der Waals surface area contributed by atoms with Gasteiger partial charge in [0.15, 0.2) is 0 Å². The fourth-order valence-corrected chi connectivity index (χ4v) is 4.48. The first-order valence-electron chi connectivity index (χ1n) is 9.50. The maximum atomic E-state index is 12.9. The summed E-state index contributed by atoms with van der Waals surface area (Å²) >= 11 is 1.32. The molecule has 156 valence electrons. The minimum absolute atomic E-state index is 0.203. The third kappa shape index (κ3) is 4.16. The number of methoxy groups -OCH3 is 1. The van der Waals surface area contributed by atoms with E-state index in [1.165, 1.54) is 29.9 Å². The molecule has 0 aromatic carbocycles. The van der Waals surface area contributed by atoms with Crippen LogP contribution >= 0.6 is 11.3 Å². The van der Waals surface area contributed by atoms with Crippen LogP contribution < -0.4 is 5.32 Å². The van der Waals surface area contributed by atoms with Gasteiger partial charge in [-0.25, -0.2) is 9.97 Å². The Balaban J connectivity index is 1.63. The zero-order chi connectivity index (χ0) is 20.9. The average molecular weight is 427 g/mol. The van der Waals surface area contributed by atoms with E-state index in [9.17, 15) is 9.59 Å². The molecule has 0 bridgehead atoms. The zero-order valence-electron chi connectivity index (χ0n) is 16.4. The molecule has 1 unspecified atom stereocenters. The van der Waals surface area contributed by atoms with Crippen LogP contribution in [-0.4, -0.2) is 71.6 Å². The number of carbonyl (C=O) groups excluding carboxylic acids is 2. The summed E-state index contributed by atoms with van der Waals surface area (Å²) in [5, 5.41) is 3.72. The van der Waals surface area contributed by atoms with Crippen LogP contribution in [-0.2, 0) is 9.47 Å². The standard InChI is InChI=1S/C20H21N5O4S/c1-28-9-7-23-18(26)17-16(13-3-2-4-24-19(13)30-17)15-12-25(8-10-29-15)20(27)14-11-21-5-6-22-14/h2-6,11,15H,7-10,12H2,1H3,(H,23,26). The van der Waals surface area contributed by atoms with Crippen molar-refractivity contribution in [2.24, 2.45) is 0 Å². The molecule has 0 radical (unpaired) electrons. The lowest BCUT2D eigenvalue weighted by molar-refractivity contribution is -0.0224. The van der Waals surface area contributed by atoms with Crippen molar-refractivity contribution in [1.82, 2.24) is 25.2 Å². The summed E-state index contributed by atoms with van der Waals surface area (Å²) < 4.78 is 11.0. The largest absolute Gasteiger partial charge is 0.383 e. The van der Waals surface area contributed by atoms with Gasteiger partial charge in [-0.3, -0.25) is 14.6 Å². The molecule has 30 heavy (non-hydrogen) atoms. The molecule has 4 rings (SSSR count). The van der Waals surface area contributed by atoms with Crippen LogP contribution in [0.2, 0.25) is 0 Å². The number of amides is 2. The molecule has 4 heterocycles. The molecule has 10 heteroatoms. The smallest absolute Gasteiger partial charge is 0.274 e. The van der Waals surface area contributed by atoms with Crippen molar-refractivity contribution < 1.29 is 19.1 Å². The summed E-state index contributed by atoms with van der Waals surface area (Å²) in [4.78, 5) is 41.1. The number of ether oxygens (including phenoxy) is 2. The van der Waals surface area contributed by atoms with Crippen molar-refractivity contribution in [3.8, 4) is 0 Å². The summed E-state index contributed by atoms with van der Waals surface area (Å²) in [6.45, 7) is 1.94. The molecule has 0 aliphatic carbocycles. The van der Waals surface area contributed by atoms with Gasteiger partial charge in [0.2, 0.25) is 0 Å². The van der Waals surface area contributed by atoms with Crippen molar-refractivity contribution in [3.05, 3.63) is 53.1 Å². The Morgan fingerprint density at radius 2 is 2.23 bits per heavy atom. The average Bonchev–Trinajstić information content (AvgIpc) is 3.19. The lowest BCUT2D eigenvalue weighted by atomic mass is 10.0. The Labute approximate surface area is 177 Å². The molecule has 9 nitrogen and oxygen atoms in total. The molecule has 1 saturated heterocycles. The molecule has 0 saturated carbocycles. The molecule has 1 aliphatic rings. The quantitative estimate of drug-likeness (QED) is 0.597. The number of rotatable bonds is 6. The van der Waals surface area contributed by atoms with Crippen LogP contribution in [0.4, 0.5) is 0 Å². The fourth-order valence-electron chi connectivity index (χ4n) is 3.37. The predicted molar refractivity (Wildman–Crippen MR) is 110 cm³/mol. The van der Waals surface area contributed by atoms with Crippen LogP contribution in [0.3, 0.4) is 0 Å². The number of morpholine rings is 1. The maximum absolute atomic E-state index is 12.9. The Morgan fingerprint density at radius 1 is 1.33 bits per heavy atom. The van der Waals surface area contributed by atoms with Gasteiger partial charge in [-0.2, -0.15) is 0 Å². The third-order valence-electron chi connectivity index (χ3n) is 4.76. The van der Waals surface area contributed by atoms with Crippen LogP contribution in [0.1, 0.15) is 31.8 Å². The maximum Gasteiger partial charge on any atom is 0.274 e. The van der Waals surface area contributed by atoms with Gasteiger partial charge in [0.1, 0.15) is 21.5 Å². The van der Waals surface area contributed by atoms with Gasteiger partial charge in [-0.1, -0.05) is 6.07 Å². The van der Waals surface area contributed by atoms with Crippen molar-refractivity contribution >= 4 is 33.4 Å². The van der Waals surface area contributed by atoms with Gasteiger partial charge >= 0.3 is 0 Å². The molecule has 1 aliphatic heterocycles. The molecular formula is C20H21N5O4S. The number of carbonyl (C=O) groups is 2. The van der Waals surface area contributed by atoms with E-state index in [4.69, 9.17) is 9.47 Å². The summed E-state index contributed by atoms with van der Waals surface area (Å²) in [5.74, 6) is -0.411. The van der Waals surface area contributed by atoms with Crippen LogP contribution in [0.15, 0.2) is 36.9 Å². The first kappa shape index (κ1) is 20.3. The first-order valence-corrected chi connectivity index (χ1v) is 10.3. The van der Waals surface area contributed by atoms with E-state index in [-0.39, 0.29) is 17.5 Å². The first-order chi connectivity index (χ1) is 14.7. The van der Waals surface area contributed by atoms with Crippen molar-refractivity contribution in [3.63, 3.8) is 0 Å². The van der Waals surface area contributed by atoms with Crippen LogP contribution in [0, 0.1) is 0 Å². The van der Waals surface area contributed by atoms with Crippen LogP contribution in [0.5, 0.6) is 0 Å². The number of hydrogen-bond donors (Lipinski definition) is 1. The minimum atomic E-state index is -0.444. The molecule has 1 fully saturated rings. The van der Waals surface area contributed by atoms with Crippen molar-refractivity contribution in [1.29, 1.82) is 0 Å². The molecule has 1 atom stereocenters. The van der Waals surface area contributed by atoms with Gasteiger partial charge < -0.3 is 19.7 Å². The highest BCUT2D eigenvalue weighted by Crippen LogP contribution is 2.37. The lowest BCUT2D eigenvalue weighted by Crippen LogP contribution is -2.43. The number of hydrogen-bond acceptors (Lipinski definition) is 8. The second-order valence-corrected chi connectivity index (χ2v) is 7.65. The number of aromatic nitrogens is 3. The van der Waals surface area contributed by atoms with Gasteiger partial charge in [0.05, 0.1) is 26.0 Å². The summed E-state index contributed by atoms with van der Waals surface area (Å²) in [6, 6.07) is 3.75. The Morgan fingerprint density at radius 3 is 3.03 bits per heavy atom. The fraction of sp³-hybridized carbons (Fsp3) is 0.350. The lowest BCUT2D eigenvalue weighted by Gasteiger charge is -2.33. The number of pyridine rings is 1. The van der Waals surface area contributed by atoms with Crippen molar-refractivity contribution in [2.75, 3.05) is 40.0 Å². The Bertz CT molecular complexity index is 1040. The number of nitrogens with one attached hydrogen (secondary N) is 1. The summed E-state index contributed by atoms with van der Waals surface area (Å²) in [7, 11) is 1.58. The Kier molecular flexibility index (Phi) is 6.26. The summed E-state index contributed by atoms with van der Waals surface area (Å²) in [6.07, 6.45) is 5.72. The topological polar surface area (TPSA) is 107 Å². The van der Waals surface area contributed by atoms with E-state index in [2.05, 4.69) is 20.3 Å². The van der Waals surface area contributed by atoms with Gasteiger partial charge in [-0.05, 0) is 6.07 Å². The highest BCUT2D eigenvalue weighted by molar-refractivity contribution is 7.20. The van der Waals surface area contributed by atoms with E-state index < -0.39 is 6.10 Å². The number of nitrogens with zero attached hydrogens (tertiary/aromatic N) is 4. The molecule has 1 N–H and O–H groups in total. The third-order valence-corrected chi connectivity index (χ3v) is 5.89. The van der Waals surface area contributed by atoms with Crippen LogP contribution in [0.25, 0.3) is 10.2 Å². The second-order valence-electron chi connectivity index (χ2n) is 6.65. The Hall–Kier alpha value is -2.95. The summed E-state index contributed by atoms with van der Waals surface area (Å²) in [5.41, 5.74) is 1.04. The molecule has 2 amide bonds. The van der Waals surface area contributed by atoms with E-state index in [1.54, 1.807) is 18.2 Å². The molecular weight excluding hydrogens is 406 g/mol. The van der Waals surface area contributed by atoms with Crippen molar-refractivity contribution in [2.45, 2.75) is 6.10 Å². The monoisotopic (exact) mass is 427 g/mol.